The van der Waals surface area contributed by atoms with Gasteiger partial charge >= 0.3 is 6.03 Å². The van der Waals surface area contributed by atoms with Crippen molar-refractivity contribution in [2.75, 3.05) is 13.6 Å². The van der Waals surface area contributed by atoms with Gasteiger partial charge in [0.2, 0.25) is 0 Å². The molecule has 1 saturated heterocycles. The number of carbonyl (C=O) groups is 3. The summed E-state index contributed by atoms with van der Waals surface area (Å²) in [5.41, 5.74) is 13.5. The highest BCUT2D eigenvalue weighted by Gasteiger charge is 2.50. The van der Waals surface area contributed by atoms with Crippen LogP contribution in [0, 0.1) is 23.7 Å². The molecule has 6 fully saturated rings. The number of nitrogens with one attached hydrogen (secondary N) is 2. The monoisotopic (exact) mass is 938 g/mol. The summed E-state index contributed by atoms with van der Waals surface area (Å²) >= 11 is 0. The first kappa shape index (κ1) is 50.7. The minimum atomic E-state index is -0.679. The first-order chi connectivity index (χ1) is 33.0. The Balaban J connectivity index is 0.000000192. The van der Waals surface area contributed by atoms with Crippen LogP contribution < -0.4 is 22.1 Å². The van der Waals surface area contributed by atoms with Crippen molar-refractivity contribution in [3.05, 3.63) is 35.4 Å². The first-order valence-corrected chi connectivity index (χ1v) is 28.2. The van der Waals surface area contributed by atoms with Crippen LogP contribution >= 0.6 is 0 Å². The third-order valence-corrected chi connectivity index (χ3v) is 18.0. The van der Waals surface area contributed by atoms with Gasteiger partial charge in [-0.05, 0) is 105 Å². The van der Waals surface area contributed by atoms with E-state index in [1.54, 1.807) is 16.8 Å². The highest BCUT2D eigenvalue weighted by atomic mass is 16.2. The average molecular weight is 938 g/mol. The summed E-state index contributed by atoms with van der Waals surface area (Å²) in [5, 5.41) is 7.02. The van der Waals surface area contributed by atoms with Gasteiger partial charge in [-0.3, -0.25) is 19.4 Å². The molecule has 8 aliphatic rings. The fourth-order valence-corrected chi connectivity index (χ4v) is 14.1. The van der Waals surface area contributed by atoms with Gasteiger partial charge in [-0.2, -0.15) is 0 Å². The highest BCUT2D eigenvalue weighted by Crippen LogP contribution is 2.43. The van der Waals surface area contributed by atoms with Crippen molar-refractivity contribution < 1.29 is 14.4 Å². The number of likely N-dealkylation sites (N-methyl/N-ethyl adjacent to an activating group) is 1. The molecule has 378 valence electrons. The lowest BCUT2D eigenvalue weighted by atomic mass is 9.74. The maximum atomic E-state index is 14.1. The molecule has 0 spiro atoms. The summed E-state index contributed by atoms with van der Waals surface area (Å²) in [6, 6.07) is 9.90. The number of nitrogens with zero attached hydrogens (tertiary/aromatic N) is 5. The number of rotatable bonds is 18. The van der Waals surface area contributed by atoms with E-state index in [-0.39, 0.29) is 23.9 Å². The number of hydrogen-bond donors (Lipinski definition) is 4. The molecule has 3 aliphatic heterocycles. The molecule has 3 heterocycles. The molecule has 5 saturated carbocycles. The predicted molar refractivity (Wildman–Crippen MR) is 275 cm³/mol. The standard InChI is InChI=1S/C32H49N5O2.C24H42N4O/c1-2-9-28-23-36(31(39)34-28)21-26-14-16-27(17-15-26)22-37-29(38)32(35-30(37)33,20-25-12-7-4-8-13-25)19-18-24-10-5-3-6-11-24;1-28-22(29)24(27-23(28)25,15-14-18-8-3-2-4-9-18)17-19-10-7-13-21(16-19)26-20-11-5-6-12-20/h14-17,24-25,28H,2-13,18-23H2,1H3,(H2,33,35)(H,34,39);18-21,26H,2-17H2,1H3,(H2,25,27)/t28-,32+;19-,21+,24+/m00/s1. The Labute approximate surface area is 410 Å². The van der Waals surface area contributed by atoms with Crippen molar-refractivity contribution in [3.63, 3.8) is 0 Å². The Morgan fingerprint density at radius 3 is 1.68 bits per heavy atom. The average Bonchev–Trinajstić information content (AvgIpc) is 4.10. The van der Waals surface area contributed by atoms with Gasteiger partial charge in [-0.25, -0.2) is 14.8 Å². The lowest BCUT2D eigenvalue weighted by Crippen LogP contribution is -2.45. The molecule has 0 unspecified atom stereocenters. The van der Waals surface area contributed by atoms with Crippen molar-refractivity contribution in [2.24, 2.45) is 45.1 Å². The molecule has 1 aromatic carbocycles. The largest absolute Gasteiger partial charge is 0.369 e. The first-order valence-electron chi connectivity index (χ1n) is 28.2. The second kappa shape index (κ2) is 24.0. The summed E-state index contributed by atoms with van der Waals surface area (Å²) in [6.45, 7) is 3.96. The van der Waals surface area contributed by atoms with Crippen molar-refractivity contribution in [3.8, 4) is 0 Å². The van der Waals surface area contributed by atoms with Gasteiger partial charge in [0.1, 0.15) is 11.1 Å². The van der Waals surface area contributed by atoms with E-state index in [1.165, 1.54) is 148 Å². The maximum Gasteiger partial charge on any atom is 0.318 e. The Bertz CT molecular complexity index is 1860. The van der Waals surface area contributed by atoms with E-state index in [0.29, 0.717) is 42.9 Å². The van der Waals surface area contributed by atoms with Crippen molar-refractivity contribution in [1.82, 2.24) is 25.3 Å². The van der Waals surface area contributed by atoms with E-state index >= 15 is 0 Å². The molecule has 12 nitrogen and oxygen atoms in total. The summed E-state index contributed by atoms with van der Waals surface area (Å²) in [7, 11) is 1.80. The van der Waals surface area contributed by atoms with Gasteiger partial charge in [-0.15, -0.1) is 0 Å². The van der Waals surface area contributed by atoms with Crippen LogP contribution in [0.1, 0.15) is 217 Å². The predicted octanol–water partition coefficient (Wildman–Crippen LogP) is 10.5. The van der Waals surface area contributed by atoms with Crippen LogP contribution in [-0.2, 0) is 22.7 Å². The second-order valence-corrected chi connectivity index (χ2v) is 23.3. The van der Waals surface area contributed by atoms with E-state index in [9.17, 15) is 14.4 Å². The number of amides is 4. The molecule has 12 heteroatoms. The molecule has 0 bridgehead atoms. The number of carbonyl (C=O) groups excluding carboxylic acids is 3. The zero-order valence-corrected chi connectivity index (χ0v) is 42.5. The van der Waals surface area contributed by atoms with Crippen molar-refractivity contribution in [1.29, 1.82) is 0 Å². The normalized spacial score (nSPS) is 30.2. The molecule has 0 radical (unpaired) electrons. The molecular formula is C56H91N9O3. The van der Waals surface area contributed by atoms with Gasteiger partial charge in [-0.1, -0.05) is 160 Å². The number of guanidine groups is 2. The van der Waals surface area contributed by atoms with E-state index < -0.39 is 11.1 Å². The van der Waals surface area contributed by atoms with Crippen LogP contribution in [0.15, 0.2) is 34.3 Å². The van der Waals surface area contributed by atoms with Gasteiger partial charge in [0, 0.05) is 38.3 Å². The molecule has 6 N–H and O–H groups in total. The Hall–Kier alpha value is -3.67. The minimum absolute atomic E-state index is 0.0201. The second-order valence-electron chi connectivity index (χ2n) is 23.3. The quantitative estimate of drug-likeness (QED) is 0.115. The third-order valence-electron chi connectivity index (χ3n) is 18.0. The Morgan fingerprint density at radius 1 is 0.603 bits per heavy atom. The van der Waals surface area contributed by atoms with Gasteiger partial charge in [0.25, 0.3) is 11.8 Å². The maximum absolute atomic E-state index is 14.1. The van der Waals surface area contributed by atoms with Crippen LogP contribution in [0.4, 0.5) is 4.79 Å². The highest BCUT2D eigenvalue weighted by molar-refractivity contribution is 6.07. The fraction of sp³-hybridized carbons (Fsp3) is 0.804. The van der Waals surface area contributed by atoms with Crippen LogP contribution in [0.25, 0.3) is 0 Å². The lowest BCUT2D eigenvalue weighted by Gasteiger charge is -2.36. The lowest BCUT2D eigenvalue weighted by molar-refractivity contribution is -0.133. The molecule has 5 atom stereocenters. The number of urea groups is 1. The zero-order chi connectivity index (χ0) is 47.5. The van der Waals surface area contributed by atoms with E-state index in [4.69, 9.17) is 21.5 Å². The third kappa shape index (κ3) is 13.0. The molecule has 9 rings (SSSR count). The Morgan fingerprint density at radius 2 is 1.10 bits per heavy atom. The Kier molecular flexibility index (Phi) is 17.9. The molecule has 0 aromatic heterocycles. The molecule has 1 aromatic rings. The number of nitrogens with two attached hydrogens (primary N) is 2. The number of benzene rings is 1. The summed E-state index contributed by atoms with van der Waals surface area (Å²) < 4.78 is 0. The van der Waals surface area contributed by atoms with Crippen LogP contribution in [0.2, 0.25) is 0 Å². The number of hydrogen-bond acceptors (Lipinski definition) is 8. The van der Waals surface area contributed by atoms with Gasteiger partial charge < -0.3 is 27.0 Å². The van der Waals surface area contributed by atoms with E-state index in [2.05, 4.69) is 41.8 Å². The van der Waals surface area contributed by atoms with Crippen molar-refractivity contribution in [2.45, 2.75) is 248 Å². The minimum Gasteiger partial charge on any atom is -0.369 e. The van der Waals surface area contributed by atoms with E-state index in [1.807, 2.05) is 4.90 Å². The topological polar surface area (TPSA) is 162 Å². The van der Waals surface area contributed by atoms with Crippen LogP contribution in [0.5, 0.6) is 0 Å². The summed E-state index contributed by atoms with van der Waals surface area (Å²) in [4.78, 5) is 54.7. The molecule has 4 amide bonds. The van der Waals surface area contributed by atoms with Crippen molar-refractivity contribution >= 4 is 29.8 Å². The smallest absolute Gasteiger partial charge is 0.318 e. The SMILES string of the molecule is CCC[C@H]1CN(Cc2ccc(CN3C(=O)[C@@](CCC4CCCCC4)(CC4CCCCC4)N=C3N)cc2)C(=O)N1.CN1C(=O)[C@@](CCC2CCCCC2)(C[C@H]2CCC[C@@H](NC3CCCC3)C2)N=C1N. The van der Waals surface area contributed by atoms with Gasteiger partial charge in [0.15, 0.2) is 11.9 Å². The zero-order valence-electron chi connectivity index (χ0n) is 42.5. The molecular weight excluding hydrogens is 847 g/mol. The number of aliphatic imine (C=N–C) groups is 2. The van der Waals surface area contributed by atoms with E-state index in [0.717, 1.165) is 86.9 Å². The van der Waals surface area contributed by atoms with Crippen LogP contribution in [-0.4, -0.2) is 87.3 Å². The van der Waals surface area contributed by atoms with Gasteiger partial charge in [0.05, 0.1) is 6.54 Å². The molecule has 68 heavy (non-hydrogen) atoms. The summed E-state index contributed by atoms with van der Waals surface area (Å²) in [5.74, 6) is 3.74. The van der Waals surface area contributed by atoms with Crippen LogP contribution in [0.3, 0.4) is 0 Å². The summed E-state index contributed by atoms with van der Waals surface area (Å²) in [6.07, 6.45) is 37.8. The fourth-order valence-electron chi connectivity index (χ4n) is 14.1. The molecule has 5 aliphatic carbocycles.